The molecule has 0 spiro atoms. The molecule has 5 N–H and O–H groups in total. The number of carbonyl (C=O) groups excluding carboxylic acids is 1. The fourth-order valence-electron chi connectivity index (χ4n) is 6.22. The Hall–Kier alpha value is -5.63. The number of rotatable bonds is 11. The maximum absolute atomic E-state index is 13.1. The Morgan fingerprint density at radius 3 is 1.38 bits per heavy atom. The SMILES string of the molecule is CC(=O)Nc1nnc(-c2ncc(Cl)cc2NS(=O)(=O)c2ccc(C(C)(C)C)cc2)n1C(C)C.CC(C)n1c(N)nnc1-c1ncc(Cl)cc1NS(=O)(=O)c1ccc(C(C)(C)C)cc1. The van der Waals surface area contributed by atoms with Crippen LogP contribution in [0.15, 0.2) is 82.8 Å². The van der Waals surface area contributed by atoms with Crippen LogP contribution in [0, 0.1) is 0 Å². The lowest BCUT2D eigenvalue weighted by molar-refractivity contribution is -0.114. The number of halogens is 2. The smallest absolute Gasteiger partial charge is 0.261 e. The minimum absolute atomic E-state index is 0.0538. The molecule has 0 atom stereocenters. The zero-order valence-electron chi connectivity index (χ0n) is 36.9. The van der Waals surface area contributed by atoms with Crippen molar-refractivity contribution in [2.24, 2.45) is 0 Å². The van der Waals surface area contributed by atoms with Crippen LogP contribution in [0.3, 0.4) is 0 Å². The van der Waals surface area contributed by atoms with Gasteiger partial charge in [-0.25, -0.2) is 26.8 Å². The van der Waals surface area contributed by atoms with E-state index >= 15 is 0 Å². The van der Waals surface area contributed by atoms with Gasteiger partial charge in [0.15, 0.2) is 11.6 Å². The molecule has 0 unspecified atom stereocenters. The zero-order chi connectivity index (χ0) is 46.8. The van der Waals surface area contributed by atoms with E-state index in [1.54, 1.807) is 45.5 Å². The average molecular weight is 940 g/mol. The summed E-state index contributed by atoms with van der Waals surface area (Å²) < 4.78 is 60.8. The van der Waals surface area contributed by atoms with Crippen molar-refractivity contribution in [3.05, 3.63) is 94.2 Å². The lowest BCUT2D eigenvalue weighted by Gasteiger charge is -2.19. The van der Waals surface area contributed by atoms with E-state index in [2.05, 4.69) is 86.7 Å². The van der Waals surface area contributed by atoms with Crippen molar-refractivity contribution in [3.8, 4) is 23.0 Å². The van der Waals surface area contributed by atoms with Crippen molar-refractivity contribution < 1.29 is 21.6 Å². The molecule has 2 aromatic carbocycles. The molecule has 6 aromatic rings. The van der Waals surface area contributed by atoms with Gasteiger partial charge in [-0.05, 0) is 86.1 Å². The van der Waals surface area contributed by atoms with Crippen molar-refractivity contribution in [3.63, 3.8) is 0 Å². The quantitative estimate of drug-likeness (QED) is 0.0953. The number of pyridine rings is 2. The van der Waals surface area contributed by atoms with Crippen molar-refractivity contribution in [2.75, 3.05) is 20.5 Å². The van der Waals surface area contributed by atoms with E-state index in [1.165, 1.54) is 31.5 Å². The standard InChI is InChI=1S/C22H27ClN6O3S.C20H25ClN6O2S/c1-13(2)29-20(26-27-21(29)25-14(3)30)19-18(11-16(23)12-24-19)28-33(31,32)17-9-7-15(8-10-17)22(4,5)6;1-12(2)27-18(24-25-19(27)22)17-16(10-14(21)11-23-17)26-30(28,29)15-8-6-13(7-9-15)20(3,4)5/h7-13,28H,1-6H3,(H,25,27,30);6-12,26H,1-5H3,(H2,22,25). The lowest BCUT2D eigenvalue weighted by Crippen LogP contribution is -2.17. The fraction of sp³-hybridized carbons (Fsp3) is 0.357. The Bertz CT molecular complexity index is 2830. The van der Waals surface area contributed by atoms with Gasteiger partial charge in [0.05, 0.1) is 31.2 Å². The Morgan fingerprint density at radius 2 is 1.02 bits per heavy atom. The van der Waals surface area contributed by atoms with Gasteiger partial charge < -0.3 is 5.73 Å². The Morgan fingerprint density at radius 1 is 0.635 bits per heavy atom. The minimum Gasteiger partial charge on any atom is -0.368 e. The number of carbonyl (C=O) groups is 1. The van der Waals surface area contributed by atoms with Crippen LogP contribution in [-0.4, -0.2) is 62.2 Å². The monoisotopic (exact) mass is 938 g/mol. The fourth-order valence-corrected chi connectivity index (χ4v) is 8.66. The number of amides is 1. The lowest BCUT2D eigenvalue weighted by atomic mass is 9.87. The van der Waals surface area contributed by atoms with Crippen molar-refractivity contribution >= 4 is 72.4 Å². The number of hydrogen-bond acceptors (Lipinski definition) is 12. The van der Waals surface area contributed by atoms with E-state index in [1.807, 2.05) is 39.8 Å². The summed E-state index contributed by atoms with van der Waals surface area (Å²) in [5.74, 6) is 0.768. The molecule has 0 aliphatic heterocycles. The Balaban J connectivity index is 0.000000239. The second-order valence-corrected chi connectivity index (χ2v) is 21.4. The zero-order valence-corrected chi connectivity index (χ0v) is 40.0. The molecule has 0 bridgehead atoms. The van der Waals surface area contributed by atoms with E-state index in [0.29, 0.717) is 5.82 Å². The summed E-state index contributed by atoms with van der Waals surface area (Å²) in [6.07, 6.45) is 2.81. The molecule has 0 saturated carbocycles. The first-order valence-corrected chi connectivity index (χ1v) is 23.4. The highest BCUT2D eigenvalue weighted by Gasteiger charge is 2.26. The molecule has 63 heavy (non-hydrogen) atoms. The molecule has 0 radical (unpaired) electrons. The maximum atomic E-state index is 13.1. The molecule has 336 valence electrons. The van der Waals surface area contributed by atoms with Gasteiger partial charge in [-0.3, -0.25) is 28.7 Å². The molecular weight excluding hydrogens is 888 g/mol. The van der Waals surface area contributed by atoms with Crippen LogP contribution in [0.25, 0.3) is 23.0 Å². The van der Waals surface area contributed by atoms with Crippen LogP contribution < -0.4 is 20.5 Å². The predicted molar refractivity (Wildman–Crippen MR) is 248 cm³/mol. The number of nitrogens with zero attached hydrogens (tertiary/aromatic N) is 8. The average Bonchev–Trinajstić information content (AvgIpc) is 3.77. The third-order valence-electron chi connectivity index (χ3n) is 9.42. The first-order chi connectivity index (χ1) is 29.2. The molecule has 0 saturated heterocycles. The molecule has 0 aliphatic carbocycles. The van der Waals surface area contributed by atoms with E-state index < -0.39 is 20.0 Å². The van der Waals surface area contributed by atoms with Crippen molar-refractivity contribution in [1.82, 2.24) is 39.5 Å². The van der Waals surface area contributed by atoms with Gasteiger partial charge in [0, 0.05) is 31.4 Å². The summed E-state index contributed by atoms with van der Waals surface area (Å²) in [5.41, 5.74) is 8.64. The Labute approximate surface area is 378 Å². The van der Waals surface area contributed by atoms with Gasteiger partial charge >= 0.3 is 0 Å². The minimum atomic E-state index is -3.94. The van der Waals surface area contributed by atoms with Gasteiger partial charge in [-0.1, -0.05) is 89.0 Å². The molecule has 0 fully saturated rings. The van der Waals surface area contributed by atoms with E-state index in [9.17, 15) is 21.6 Å². The molecule has 4 heterocycles. The number of benzene rings is 2. The van der Waals surface area contributed by atoms with Crippen LogP contribution in [0.5, 0.6) is 0 Å². The van der Waals surface area contributed by atoms with E-state index in [0.717, 1.165) is 11.1 Å². The van der Waals surface area contributed by atoms with Gasteiger partial charge in [0.2, 0.25) is 17.8 Å². The van der Waals surface area contributed by atoms with Gasteiger partial charge in [-0.15, -0.1) is 20.4 Å². The molecule has 21 heteroatoms. The molecular formula is C42H52Cl2N12O5S2. The van der Waals surface area contributed by atoms with Crippen molar-refractivity contribution in [2.45, 2.75) is 109 Å². The number of nitrogen functional groups attached to an aromatic ring is 1. The van der Waals surface area contributed by atoms with Crippen LogP contribution in [0.1, 0.15) is 99.4 Å². The predicted octanol–water partition coefficient (Wildman–Crippen LogP) is 8.89. The summed E-state index contributed by atoms with van der Waals surface area (Å²) in [6.45, 7) is 21.3. The number of hydrogen-bond donors (Lipinski definition) is 4. The van der Waals surface area contributed by atoms with Crippen LogP contribution in [-0.2, 0) is 35.7 Å². The summed E-state index contributed by atoms with van der Waals surface area (Å²) >= 11 is 12.2. The third-order valence-corrected chi connectivity index (χ3v) is 12.6. The number of sulfonamides is 2. The van der Waals surface area contributed by atoms with Crippen LogP contribution in [0.4, 0.5) is 23.3 Å². The van der Waals surface area contributed by atoms with E-state index in [4.69, 9.17) is 28.9 Å². The highest BCUT2D eigenvalue weighted by atomic mass is 35.5. The highest BCUT2D eigenvalue weighted by molar-refractivity contribution is 7.93. The first kappa shape index (κ1) is 48.4. The topological polar surface area (TPSA) is 235 Å². The molecule has 1 amide bonds. The van der Waals surface area contributed by atoms with Gasteiger partial charge in [0.25, 0.3) is 20.0 Å². The molecule has 6 rings (SSSR count). The third kappa shape index (κ3) is 11.5. The van der Waals surface area contributed by atoms with Gasteiger partial charge in [-0.2, -0.15) is 0 Å². The number of nitrogens with one attached hydrogen (secondary N) is 3. The summed E-state index contributed by atoms with van der Waals surface area (Å²) in [6, 6.07) is 16.2. The normalized spacial score (nSPS) is 12.2. The Kier molecular flexibility index (Phi) is 14.3. The van der Waals surface area contributed by atoms with E-state index in [-0.39, 0.29) is 89.1 Å². The number of aromatic nitrogens is 8. The molecule has 0 aliphatic rings. The largest absolute Gasteiger partial charge is 0.368 e. The summed E-state index contributed by atoms with van der Waals surface area (Å²) in [4.78, 5) is 20.4. The molecule has 17 nitrogen and oxygen atoms in total. The maximum Gasteiger partial charge on any atom is 0.261 e. The van der Waals surface area contributed by atoms with Crippen LogP contribution in [0.2, 0.25) is 10.0 Å². The number of nitrogens with two attached hydrogens (primary N) is 1. The first-order valence-electron chi connectivity index (χ1n) is 19.7. The second kappa shape index (κ2) is 18.6. The number of anilines is 4. The highest BCUT2D eigenvalue weighted by Crippen LogP contribution is 2.34. The molecule has 4 aromatic heterocycles. The van der Waals surface area contributed by atoms with Gasteiger partial charge in [0.1, 0.15) is 11.4 Å². The van der Waals surface area contributed by atoms with Crippen LogP contribution >= 0.6 is 23.2 Å². The summed E-state index contributed by atoms with van der Waals surface area (Å²) in [5, 5.41) is 19.3. The summed E-state index contributed by atoms with van der Waals surface area (Å²) in [7, 11) is -7.83. The van der Waals surface area contributed by atoms with Crippen molar-refractivity contribution in [1.29, 1.82) is 0 Å². The second-order valence-electron chi connectivity index (χ2n) is 17.2.